The molecule has 4 nitrogen and oxygen atoms in total. The van der Waals surface area contributed by atoms with Gasteiger partial charge in [0.15, 0.2) is 0 Å². The number of aryl methyl sites for hydroxylation is 1. The summed E-state index contributed by atoms with van der Waals surface area (Å²) in [5.41, 5.74) is 2.36. The van der Waals surface area contributed by atoms with Crippen LogP contribution in [0, 0.1) is 0 Å². The van der Waals surface area contributed by atoms with E-state index >= 15 is 0 Å². The minimum atomic E-state index is -0.430. The Kier molecular flexibility index (Phi) is 8.94. The van der Waals surface area contributed by atoms with E-state index in [9.17, 15) is 9.59 Å². The fraction of sp³-hybridized carbons (Fsp3) is 0.419. The first-order valence-electron chi connectivity index (χ1n) is 13.3. The quantitative estimate of drug-likeness (QED) is 0.391. The molecule has 0 aromatic heterocycles. The summed E-state index contributed by atoms with van der Waals surface area (Å²) < 4.78 is 0. The molecule has 0 aliphatic heterocycles. The molecule has 1 aliphatic rings. The van der Waals surface area contributed by atoms with Gasteiger partial charge >= 0.3 is 0 Å². The van der Waals surface area contributed by atoms with Gasteiger partial charge in [-0.1, -0.05) is 99.0 Å². The number of hydrogen-bond acceptors (Lipinski definition) is 2. The van der Waals surface area contributed by atoms with Crippen LogP contribution < -0.4 is 5.32 Å². The van der Waals surface area contributed by atoms with Crippen LogP contribution in [-0.4, -0.2) is 35.3 Å². The highest BCUT2D eigenvalue weighted by atomic mass is 16.2. The molecule has 1 fully saturated rings. The SMILES string of the molecule is CCC(C(=O)NC1CCCCC1)N(CCc1ccccc1)C(=O)CCc1cccc2ccccc12. The standard InChI is InChI=1S/C31H38N2O2/c1-2-29(31(35)32-27-17-7-4-8-18-27)33(23-22-24-12-5-3-6-13-24)30(34)21-20-26-16-11-15-25-14-9-10-19-28(25)26/h3,5-6,9-16,19,27,29H,2,4,7-8,17-18,20-23H2,1H3,(H,32,35). The van der Waals surface area contributed by atoms with E-state index in [4.69, 9.17) is 0 Å². The zero-order chi connectivity index (χ0) is 24.5. The number of amides is 2. The van der Waals surface area contributed by atoms with Gasteiger partial charge in [0.1, 0.15) is 6.04 Å². The summed E-state index contributed by atoms with van der Waals surface area (Å²) in [4.78, 5) is 28.8. The average Bonchev–Trinajstić information content (AvgIpc) is 2.90. The minimum absolute atomic E-state index is 0.00553. The van der Waals surface area contributed by atoms with Gasteiger partial charge in [0.05, 0.1) is 0 Å². The Hall–Kier alpha value is -3.14. The number of carbonyl (C=O) groups is 2. The van der Waals surface area contributed by atoms with Crippen molar-refractivity contribution < 1.29 is 9.59 Å². The molecule has 3 aromatic rings. The van der Waals surface area contributed by atoms with E-state index in [1.165, 1.54) is 41.2 Å². The third-order valence-electron chi connectivity index (χ3n) is 7.31. The van der Waals surface area contributed by atoms with E-state index in [2.05, 4.69) is 47.8 Å². The van der Waals surface area contributed by atoms with Gasteiger partial charge in [-0.2, -0.15) is 0 Å². The predicted octanol–water partition coefficient (Wildman–Crippen LogP) is 6.07. The van der Waals surface area contributed by atoms with Crippen LogP contribution in [0.2, 0.25) is 0 Å². The van der Waals surface area contributed by atoms with E-state index in [0.717, 1.165) is 19.3 Å². The van der Waals surface area contributed by atoms with Gasteiger partial charge in [-0.3, -0.25) is 9.59 Å². The molecule has 0 spiro atoms. The maximum Gasteiger partial charge on any atom is 0.243 e. The number of nitrogens with zero attached hydrogens (tertiary/aromatic N) is 1. The molecule has 4 rings (SSSR count). The monoisotopic (exact) mass is 470 g/mol. The fourth-order valence-electron chi connectivity index (χ4n) is 5.34. The molecule has 0 bridgehead atoms. The van der Waals surface area contributed by atoms with Crippen LogP contribution in [0.3, 0.4) is 0 Å². The smallest absolute Gasteiger partial charge is 0.243 e. The summed E-state index contributed by atoms with van der Waals surface area (Å²) >= 11 is 0. The van der Waals surface area contributed by atoms with Gasteiger partial charge in [-0.25, -0.2) is 0 Å². The molecule has 3 aromatic carbocycles. The molecule has 184 valence electrons. The second-order valence-corrected chi connectivity index (χ2v) is 9.73. The highest BCUT2D eigenvalue weighted by Gasteiger charge is 2.29. The maximum absolute atomic E-state index is 13.6. The van der Waals surface area contributed by atoms with E-state index in [-0.39, 0.29) is 17.9 Å². The molecule has 0 saturated heterocycles. The highest BCUT2D eigenvalue weighted by molar-refractivity contribution is 5.89. The fourth-order valence-corrected chi connectivity index (χ4v) is 5.34. The van der Waals surface area contributed by atoms with Crippen molar-refractivity contribution in [2.45, 2.75) is 76.8 Å². The Balaban J connectivity index is 1.48. The van der Waals surface area contributed by atoms with Crippen molar-refractivity contribution in [3.8, 4) is 0 Å². The summed E-state index contributed by atoms with van der Waals surface area (Å²) in [5.74, 6) is 0.0606. The van der Waals surface area contributed by atoms with Crippen LogP contribution in [0.15, 0.2) is 72.8 Å². The summed E-state index contributed by atoms with van der Waals surface area (Å²) in [5, 5.41) is 5.66. The van der Waals surface area contributed by atoms with Crippen LogP contribution in [0.5, 0.6) is 0 Å². The normalized spacial score (nSPS) is 15.0. The van der Waals surface area contributed by atoms with Crippen LogP contribution >= 0.6 is 0 Å². The van der Waals surface area contributed by atoms with Gasteiger partial charge in [0.25, 0.3) is 0 Å². The molecule has 0 radical (unpaired) electrons. The molecule has 0 heterocycles. The van der Waals surface area contributed by atoms with Crippen LogP contribution in [0.25, 0.3) is 10.8 Å². The number of hydrogen-bond donors (Lipinski definition) is 1. The largest absolute Gasteiger partial charge is 0.352 e. The van der Waals surface area contributed by atoms with E-state index in [0.29, 0.717) is 25.8 Å². The first-order valence-corrected chi connectivity index (χ1v) is 13.3. The molecule has 1 atom stereocenters. The summed E-state index contributed by atoms with van der Waals surface area (Å²) in [6.07, 6.45) is 8.11. The first-order chi connectivity index (χ1) is 17.2. The number of nitrogens with one attached hydrogen (secondary N) is 1. The Morgan fingerprint density at radius 1 is 0.886 bits per heavy atom. The van der Waals surface area contributed by atoms with Crippen molar-refractivity contribution in [2.75, 3.05) is 6.54 Å². The van der Waals surface area contributed by atoms with E-state index in [1.807, 2.05) is 42.2 Å². The van der Waals surface area contributed by atoms with Crippen LogP contribution in [-0.2, 0) is 22.4 Å². The van der Waals surface area contributed by atoms with Gasteiger partial charge in [0, 0.05) is 19.0 Å². The minimum Gasteiger partial charge on any atom is -0.352 e. The van der Waals surface area contributed by atoms with Crippen molar-refractivity contribution in [3.05, 3.63) is 83.9 Å². The lowest BCUT2D eigenvalue weighted by Gasteiger charge is -2.33. The number of fused-ring (bicyclic) bond motifs is 1. The summed E-state index contributed by atoms with van der Waals surface area (Å²) in [7, 11) is 0. The topological polar surface area (TPSA) is 49.4 Å². The molecular formula is C31H38N2O2. The van der Waals surface area contributed by atoms with Gasteiger partial charge < -0.3 is 10.2 Å². The van der Waals surface area contributed by atoms with Gasteiger partial charge in [-0.05, 0) is 54.0 Å². The molecule has 1 saturated carbocycles. The van der Waals surface area contributed by atoms with Crippen molar-refractivity contribution in [3.63, 3.8) is 0 Å². The molecule has 1 aliphatic carbocycles. The Morgan fingerprint density at radius 2 is 1.60 bits per heavy atom. The summed E-state index contributed by atoms with van der Waals surface area (Å²) in [6, 6.07) is 24.6. The third kappa shape index (κ3) is 6.72. The lowest BCUT2D eigenvalue weighted by atomic mass is 9.95. The van der Waals surface area contributed by atoms with Crippen molar-refractivity contribution in [2.24, 2.45) is 0 Å². The number of carbonyl (C=O) groups excluding carboxylic acids is 2. The van der Waals surface area contributed by atoms with Crippen molar-refractivity contribution >= 4 is 22.6 Å². The second-order valence-electron chi connectivity index (χ2n) is 9.73. The Morgan fingerprint density at radius 3 is 2.37 bits per heavy atom. The number of benzene rings is 3. The molecule has 1 unspecified atom stereocenters. The van der Waals surface area contributed by atoms with E-state index in [1.54, 1.807) is 0 Å². The van der Waals surface area contributed by atoms with Crippen molar-refractivity contribution in [1.82, 2.24) is 10.2 Å². The molecule has 35 heavy (non-hydrogen) atoms. The lowest BCUT2D eigenvalue weighted by Crippen LogP contribution is -2.52. The van der Waals surface area contributed by atoms with Crippen LogP contribution in [0.4, 0.5) is 0 Å². The lowest BCUT2D eigenvalue weighted by molar-refractivity contribution is -0.141. The van der Waals surface area contributed by atoms with E-state index < -0.39 is 6.04 Å². The maximum atomic E-state index is 13.6. The van der Waals surface area contributed by atoms with Crippen molar-refractivity contribution in [1.29, 1.82) is 0 Å². The predicted molar refractivity (Wildman–Crippen MR) is 143 cm³/mol. The average molecular weight is 471 g/mol. The molecule has 4 heteroatoms. The van der Waals surface area contributed by atoms with Gasteiger partial charge in [0.2, 0.25) is 11.8 Å². The first kappa shape index (κ1) is 25.0. The van der Waals surface area contributed by atoms with Gasteiger partial charge in [-0.15, -0.1) is 0 Å². The molecule has 2 amide bonds. The Bertz CT molecular complexity index is 1100. The zero-order valence-electron chi connectivity index (χ0n) is 20.9. The Labute approximate surface area is 209 Å². The highest BCUT2D eigenvalue weighted by Crippen LogP contribution is 2.22. The second kappa shape index (κ2) is 12.5. The number of rotatable bonds is 10. The zero-order valence-corrected chi connectivity index (χ0v) is 20.9. The molecular weight excluding hydrogens is 432 g/mol. The molecule has 1 N–H and O–H groups in total. The van der Waals surface area contributed by atoms with Crippen LogP contribution in [0.1, 0.15) is 63.0 Å². The summed E-state index contributed by atoms with van der Waals surface area (Å²) in [6.45, 7) is 2.56. The third-order valence-corrected chi connectivity index (χ3v) is 7.31.